The highest BCUT2D eigenvalue weighted by molar-refractivity contribution is 5.91. The lowest BCUT2D eigenvalue weighted by atomic mass is 10.1. The summed E-state index contributed by atoms with van der Waals surface area (Å²) in [7, 11) is 0. The number of carbonyl (C=O) groups excluding carboxylic acids is 2. The number of carbonyl (C=O) groups is 2. The van der Waals surface area contributed by atoms with Gasteiger partial charge in [0.15, 0.2) is 0 Å². The van der Waals surface area contributed by atoms with E-state index in [1.165, 1.54) is 0 Å². The first-order valence-corrected chi connectivity index (χ1v) is 10.3. The van der Waals surface area contributed by atoms with Crippen LogP contribution in [0.1, 0.15) is 45.7 Å². The van der Waals surface area contributed by atoms with Gasteiger partial charge in [-0.05, 0) is 73.5 Å². The van der Waals surface area contributed by atoms with Gasteiger partial charge in [-0.3, -0.25) is 9.98 Å². The molecule has 0 aromatic heterocycles. The molecule has 0 bridgehead atoms. The second-order valence-electron chi connectivity index (χ2n) is 6.72. The third-order valence-corrected chi connectivity index (χ3v) is 4.42. The molecule has 3 aromatic carbocycles. The maximum absolute atomic E-state index is 11.7. The second kappa shape index (κ2) is 11.4. The van der Waals surface area contributed by atoms with Crippen LogP contribution in [0.3, 0.4) is 0 Å². The van der Waals surface area contributed by atoms with Crippen molar-refractivity contribution in [3.05, 3.63) is 95.1 Å². The third kappa shape index (κ3) is 6.47. The average molecular weight is 428 g/mol. The Hall–Kier alpha value is -4.06. The number of esters is 2. The van der Waals surface area contributed by atoms with E-state index in [1.807, 2.05) is 24.3 Å². The molecule has 0 aliphatic carbocycles. The predicted octanol–water partition coefficient (Wildman–Crippen LogP) is 5.54. The van der Waals surface area contributed by atoms with Gasteiger partial charge in [0.25, 0.3) is 0 Å². The van der Waals surface area contributed by atoms with Crippen LogP contribution in [-0.2, 0) is 9.47 Å². The van der Waals surface area contributed by atoms with Gasteiger partial charge in [0, 0.05) is 12.4 Å². The zero-order chi connectivity index (χ0) is 22.8. The van der Waals surface area contributed by atoms with E-state index in [2.05, 4.69) is 9.98 Å². The van der Waals surface area contributed by atoms with Crippen molar-refractivity contribution < 1.29 is 19.1 Å². The number of rotatable bonds is 8. The van der Waals surface area contributed by atoms with Gasteiger partial charge in [0.05, 0.1) is 35.7 Å². The first-order valence-electron chi connectivity index (χ1n) is 10.3. The van der Waals surface area contributed by atoms with Crippen molar-refractivity contribution in [3.63, 3.8) is 0 Å². The molecule has 0 saturated heterocycles. The number of hydrogen-bond acceptors (Lipinski definition) is 6. The Labute approximate surface area is 187 Å². The summed E-state index contributed by atoms with van der Waals surface area (Å²) in [4.78, 5) is 32.2. The van der Waals surface area contributed by atoms with Crippen molar-refractivity contribution >= 4 is 35.7 Å². The molecule has 0 aliphatic rings. The standard InChI is InChI=1S/C26H24N2O4/c1-3-31-25(29)21-9-13-23(14-10-21)27-17-19-5-7-20(8-6-19)18-28-24-15-11-22(12-16-24)26(30)32-4-2/h5-18H,3-4H2,1-2H3. The minimum absolute atomic E-state index is 0.338. The lowest BCUT2D eigenvalue weighted by Crippen LogP contribution is -2.03. The van der Waals surface area contributed by atoms with Crippen molar-refractivity contribution in [2.45, 2.75) is 13.8 Å². The number of nitrogens with zero attached hydrogens (tertiary/aromatic N) is 2. The smallest absolute Gasteiger partial charge is 0.338 e. The summed E-state index contributed by atoms with van der Waals surface area (Å²) >= 11 is 0. The van der Waals surface area contributed by atoms with Crippen LogP contribution in [0.2, 0.25) is 0 Å². The van der Waals surface area contributed by atoms with Gasteiger partial charge in [-0.1, -0.05) is 24.3 Å². The van der Waals surface area contributed by atoms with E-state index in [0.29, 0.717) is 24.3 Å². The molecule has 0 amide bonds. The molecule has 3 rings (SSSR count). The van der Waals surface area contributed by atoms with Crippen LogP contribution in [0.5, 0.6) is 0 Å². The van der Waals surface area contributed by atoms with E-state index in [1.54, 1.807) is 74.8 Å². The summed E-state index contributed by atoms with van der Waals surface area (Å²) in [5, 5.41) is 0. The third-order valence-electron chi connectivity index (χ3n) is 4.42. The predicted molar refractivity (Wildman–Crippen MR) is 126 cm³/mol. The molecule has 0 fully saturated rings. The molecule has 6 heteroatoms. The number of ether oxygens (including phenoxy) is 2. The van der Waals surface area contributed by atoms with Crippen LogP contribution in [0, 0.1) is 0 Å². The minimum Gasteiger partial charge on any atom is -0.462 e. The summed E-state index contributed by atoms with van der Waals surface area (Å²) in [5.41, 5.74) is 4.38. The van der Waals surface area contributed by atoms with Crippen LogP contribution >= 0.6 is 0 Å². The number of hydrogen-bond donors (Lipinski definition) is 0. The van der Waals surface area contributed by atoms with E-state index in [9.17, 15) is 9.59 Å². The average Bonchev–Trinajstić information content (AvgIpc) is 2.83. The molecule has 0 spiro atoms. The second-order valence-corrected chi connectivity index (χ2v) is 6.72. The summed E-state index contributed by atoms with van der Waals surface area (Å²) in [6, 6.07) is 21.7. The molecule has 0 atom stereocenters. The van der Waals surface area contributed by atoms with Gasteiger partial charge in [-0.25, -0.2) is 9.59 Å². The van der Waals surface area contributed by atoms with Gasteiger partial charge in [0.1, 0.15) is 0 Å². The van der Waals surface area contributed by atoms with Crippen molar-refractivity contribution in [1.82, 2.24) is 0 Å². The minimum atomic E-state index is -0.338. The van der Waals surface area contributed by atoms with Crippen LogP contribution in [0.15, 0.2) is 82.8 Å². The Bertz CT molecular complexity index is 1010. The fraction of sp³-hybridized carbons (Fsp3) is 0.154. The van der Waals surface area contributed by atoms with Crippen molar-refractivity contribution in [1.29, 1.82) is 0 Å². The maximum atomic E-state index is 11.7. The van der Waals surface area contributed by atoms with Gasteiger partial charge >= 0.3 is 11.9 Å². The Kier molecular flexibility index (Phi) is 8.03. The molecule has 162 valence electrons. The highest BCUT2D eigenvalue weighted by Gasteiger charge is 2.05. The topological polar surface area (TPSA) is 77.3 Å². The summed E-state index contributed by atoms with van der Waals surface area (Å²) in [6.07, 6.45) is 3.52. The van der Waals surface area contributed by atoms with Crippen LogP contribution in [0.25, 0.3) is 0 Å². The largest absolute Gasteiger partial charge is 0.462 e. The number of benzene rings is 3. The number of aliphatic imine (C=N–C) groups is 2. The molecule has 0 saturated carbocycles. The van der Waals surface area contributed by atoms with Crippen molar-refractivity contribution in [2.75, 3.05) is 13.2 Å². The molecule has 6 nitrogen and oxygen atoms in total. The van der Waals surface area contributed by atoms with Crippen LogP contribution in [-0.4, -0.2) is 37.6 Å². The SMILES string of the molecule is CCOC(=O)c1ccc(N=Cc2ccc(C=Nc3ccc(C(=O)OCC)cc3)cc2)cc1. The first-order chi connectivity index (χ1) is 15.6. The molecule has 3 aromatic rings. The lowest BCUT2D eigenvalue weighted by Gasteiger charge is -2.02. The lowest BCUT2D eigenvalue weighted by molar-refractivity contribution is 0.0517. The molecule has 0 unspecified atom stereocenters. The maximum Gasteiger partial charge on any atom is 0.338 e. The zero-order valence-electron chi connectivity index (χ0n) is 18.0. The molecule has 0 heterocycles. The Balaban J connectivity index is 1.59. The fourth-order valence-corrected chi connectivity index (χ4v) is 2.76. The van der Waals surface area contributed by atoms with E-state index >= 15 is 0 Å². The molecule has 0 radical (unpaired) electrons. The van der Waals surface area contributed by atoms with Gasteiger partial charge in [-0.15, -0.1) is 0 Å². The molecular formula is C26H24N2O4. The first kappa shape index (κ1) is 22.6. The molecular weight excluding hydrogens is 404 g/mol. The quantitative estimate of drug-likeness (QED) is 0.349. The summed E-state index contributed by atoms with van der Waals surface area (Å²) in [6.45, 7) is 4.25. The van der Waals surface area contributed by atoms with E-state index in [-0.39, 0.29) is 11.9 Å². The van der Waals surface area contributed by atoms with Crippen LogP contribution in [0.4, 0.5) is 11.4 Å². The monoisotopic (exact) mass is 428 g/mol. The molecule has 0 N–H and O–H groups in total. The van der Waals surface area contributed by atoms with E-state index in [0.717, 1.165) is 22.5 Å². The highest BCUT2D eigenvalue weighted by Crippen LogP contribution is 2.16. The summed E-state index contributed by atoms with van der Waals surface area (Å²) in [5.74, 6) is -0.676. The Morgan fingerprint density at radius 1 is 0.625 bits per heavy atom. The Morgan fingerprint density at radius 3 is 1.28 bits per heavy atom. The molecule has 32 heavy (non-hydrogen) atoms. The Morgan fingerprint density at radius 2 is 0.969 bits per heavy atom. The van der Waals surface area contributed by atoms with E-state index < -0.39 is 0 Å². The van der Waals surface area contributed by atoms with Gasteiger partial charge in [0.2, 0.25) is 0 Å². The molecule has 0 aliphatic heterocycles. The van der Waals surface area contributed by atoms with Gasteiger partial charge < -0.3 is 9.47 Å². The fourth-order valence-electron chi connectivity index (χ4n) is 2.76. The summed E-state index contributed by atoms with van der Waals surface area (Å²) < 4.78 is 9.95. The highest BCUT2D eigenvalue weighted by atomic mass is 16.5. The van der Waals surface area contributed by atoms with Crippen LogP contribution < -0.4 is 0 Å². The van der Waals surface area contributed by atoms with E-state index in [4.69, 9.17) is 9.47 Å². The normalized spacial score (nSPS) is 11.1. The van der Waals surface area contributed by atoms with Crippen molar-refractivity contribution in [3.8, 4) is 0 Å². The van der Waals surface area contributed by atoms with Gasteiger partial charge in [-0.2, -0.15) is 0 Å². The zero-order valence-corrected chi connectivity index (χ0v) is 18.0. The van der Waals surface area contributed by atoms with Crippen molar-refractivity contribution in [2.24, 2.45) is 9.98 Å².